The highest BCUT2D eigenvalue weighted by Crippen LogP contribution is 2.29. The van der Waals surface area contributed by atoms with Gasteiger partial charge in [0, 0.05) is 12.7 Å². The molecule has 0 saturated heterocycles. The summed E-state index contributed by atoms with van der Waals surface area (Å²) in [5.41, 5.74) is 3.14. The first kappa shape index (κ1) is 17.0. The van der Waals surface area contributed by atoms with Crippen molar-refractivity contribution in [2.45, 2.75) is 38.0 Å². The van der Waals surface area contributed by atoms with E-state index in [4.69, 9.17) is 0 Å². The maximum absolute atomic E-state index is 11.8. The molecule has 0 aliphatic heterocycles. The second kappa shape index (κ2) is 7.09. The zero-order valence-corrected chi connectivity index (χ0v) is 13.5. The lowest BCUT2D eigenvalue weighted by atomic mass is 10.1. The highest BCUT2D eigenvalue weighted by Gasteiger charge is 2.21. The Morgan fingerprint density at radius 2 is 1.90 bits per heavy atom. The summed E-state index contributed by atoms with van der Waals surface area (Å²) in [6.45, 7) is 7.30. The van der Waals surface area contributed by atoms with Gasteiger partial charge < -0.3 is 5.32 Å². The highest BCUT2D eigenvalue weighted by atomic mass is 32.2. The summed E-state index contributed by atoms with van der Waals surface area (Å²) < 4.78 is 0. The molecule has 21 heavy (non-hydrogen) atoms. The van der Waals surface area contributed by atoms with E-state index in [1.165, 1.54) is 18.8 Å². The molecule has 0 saturated carbocycles. The fourth-order valence-corrected chi connectivity index (χ4v) is 2.63. The largest absolute Gasteiger partial charge is 0.341 e. The van der Waals surface area contributed by atoms with Crippen LogP contribution < -0.4 is 10.6 Å². The van der Waals surface area contributed by atoms with Crippen LogP contribution in [0.15, 0.2) is 5.03 Å². The molecule has 1 heterocycles. The molecule has 1 rings (SSSR count). The molecule has 0 radical (unpaired) electrons. The number of nitrogens with one attached hydrogen (secondary N) is 2. The predicted molar refractivity (Wildman–Crippen MR) is 81.1 cm³/mol. The minimum atomic E-state index is -0.558. The molecule has 1 aromatic heterocycles. The minimum Gasteiger partial charge on any atom is -0.341 e. The van der Waals surface area contributed by atoms with Gasteiger partial charge in [0.25, 0.3) is 0 Å². The van der Waals surface area contributed by atoms with Gasteiger partial charge in [-0.1, -0.05) is 11.8 Å². The van der Waals surface area contributed by atoms with Crippen molar-refractivity contribution in [1.82, 2.24) is 15.6 Å². The Kier molecular flexibility index (Phi) is 5.73. The SMILES string of the molecule is CNC(=O)NC(=O)[C@H](C)Sc1nc(C)c(C)c(C)c1C#N. The van der Waals surface area contributed by atoms with Gasteiger partial charge in [-0.15, -0.1) is 0 Å². The van der Waals surface area contributed by atoms with Gasteiger partial charge in [0.15, 0.2) is 0 Å². The Bertz CT molecular complexity index is 622. The standard InChI is InChI=1S/C14H18N4O2S/c1-7-8(2)11(6-15)13(17-9(7)3)21-10(4)12(19)18-14(20)16-5/h10H,1-5H3,(H2,16,18,19,20)/t10-/m0/s1. The summed E-state index contributed by atoms with van der Waals surface area (Å²) >= 11 is 1.17. The first-order chi connectivity index (χ1) is 9.81. The average molecular weight is 306 g/mol. The zero-order valence-electron chi connectivity index (χ0n) is 12.7. The quantitative estimate of drug-likeness (QED) is 0.831. The lowest BCUT2D eigenvalue weighted by Gasteiger charge is -2.14. The molecule has 112 valence electrons. The van der Waals surface area contributed by atoms with Crippen molar-refractivity contribution >= 4 is 23.7 Å². The van der Waals surface area contributed by atoms with Crippen molar-refractivity contribution in [3.8, 4) is 6.07 Å². The van der Waals surface area contributed by atoms with Gasteiger partial charge in [0.05, 0.1) is 10.8 Å². The van der Waals surface area contributed by atoms with E-state index in [1.807, 2.05) is 20.8 Å². The van der Waals surface area contributed by atoms with Gasteiger partial charge in [0.2, 0.25) is 5.91 Å². The molecule has 3 amide bonds. The van der Waals surface area contributed by atoms with Crippen LogP contribution in [0.25, 0.3) is 0 Å². The number of rotatable bonds is 3. The molecule has 7 heteroatoms. The second-order valence-corrected chi connectivity index (χ2v) is 5.90. The first-order valence-corrected chi connectivity index (χ1v) is 7.26. The normalized spacial score (nSPS) is 11.4. The summed E-state index contributed by atoms with van der Waals surface area (Å²) in [6, 6.07) is 1.58. The predicted octanol–water partition coefficient (Wildman–Crippen LogP) is 1.81. The maximum Gasteiger partial charge on any atom is 0.321 e. The van der Waals surface area contributed by atoms with E-state index in [9.17, 15) is 14.9 Å². The Morgan fingerprint density at radius 1 is 1.29 bits per heavy atom. The topological polar surface area (TPSA) is 94.9 Å². The molecular weight excluding hydrogens is 288 g/mol. The number of aromatic nitrogens is 1. The molecule has 0 bridgehead atoms. The van der Waals surface area contributed by atoms with Crippen LogP contribution >= 0.6 is 11.8 Å². The van der Waals surface area contributed by atoms with E-state index < -0.39 is 17.2 Å². The Hall–Kier alpha value is -2.07. The zero-order chi connectivity index (χ0) is 16.2. The molecule has 0 aromatic carbocycles. The number of imide groups is 1. The number of hydrogen-bond donors (Lipinski definition) is 2. The van der Waals surface area contributed by atoms with Gasteiger partial charge in [-0.25, -0.2) is 9.78 Å². The molecule has 1 atom stereocenters. The number of nitrogens with zero attached hydrogens (tertiary/aromatic N) is 2. The van der Waals surface area contributed by atoms with E-state index in [0.717, 1.165) is 16.8 Å². The summed E-state index contributed by atoms with van der Waals surface area (Å²) in [4.78, 5) is 27.4. The summed E-state index contributed by atoms with van der Waals surface area (Å²) in [5, 5.41) is 13.8. The fraction of sp³-hybridized carbons (Fsp3) is 0.429. The number of carbonyl (C=O) groups excluding carboxylic acids is 2. The van der Waals surface area contributed by atoms with Gasteiger partial charge in [0.1, 0.15) is 11.1 Å². The smallest absolute Gasteiger partial charge is 0.321 e. The van der Waals surface area contributed by atoms with Crippen molar-refractivity contribution in [3.05, 3.63) is 22.4 Å². The van der Waals surface area contributed by atoms with E-state index in [0.29, 0.717) is 10.6 Å². The summed E-state index contributed by atoms with van der Waals surface area (Å²) in [7, 11) is 1.43. The van der Waals surface area contributed by atoms with Crippen LogP contribution in [0.4, 0.5) is 4.79 Å². The van der Waals surface area contributed by atoms with E-state index in [-0.39, 0.29) is 0 Å². The van der Waals surface area contributed by atoms with E-state index in [2.05, 4.69) is 21.7 Å². The number of aryl methyl sites for hydroxylation is 1. The van der Waals surface area contributed by atoms with Gasteiger partial charge >= 0.3 is 6.03 Å². The summed E-state index contributed by atoms with van der Waals surface area (Å²) in [5.74, 6) is -0.430. The number of hydrogen-bond acceptors (Lipinski definition) is 5. The number of urea groups is 1. The molecule has 6 nitrogen and oxygen atoms in total. The lowest BCUT2D eigenvalue weighted by Crippen LogP contribution is -2.41. The van der Waals surface area contributed by atoms with Crippen molar-refractivity contribution < 1.29 is 9.59 Å². The van der Waals surface area contributed by atoms with Crippen molar-refractivity contribution in [3.63, 3.8) is 0 Å². The van der Waals surface area contributed by atoms with Crippen LogP contribution in [-0.2, 0) is 4.79 Å². The molecule has 0 fully saturated rings. The molecule has 1 aromatic rings. The van der Waals surface area contributed by atoms with Crippen LogP contribution in [0.2, 0.25) is 0 Å². The van der Waals surface area contributed by atoms with Crippen LogP contribution in [0.3, 0.4) is 0 Å². The van der Waals surface area contributed by atoms with E-state index >= 15 is 0 Å². The van der Waals surface area contributed by atoms with Crippen molar-refractivity contribution in [2.24, 2.45) is 0 Å². The monoisotopic (exact) mass is 306 g/mol. The fourth-order valence-electron chi connectivity index (χ4n) is 1.63. The van der Waals surface area contributed by atoms with Gasteiger partial charge in [-0.3, -0.25) is 10.1 Å². The van der Waals surface area contributed by atoms with Crippen molar-refractivity contribution in [1.29, 1.82) is 5.26 Å². The molecule has 0 unspecified atom stereocenters. The molecule has 0 spiro atoms. The van der Waals surface area contributed by atoms with Crippen LogP contribution in [-0.4, -0.2) is 29.2 Å². The average Bonchev–Trinajstić information content (AvgIpc) is 2.44. The number of thioether (sulfide) groups is 1. The third kappa shape index (κ3) is 3.95. The molecule has 0 aliphatic rings. The Morgan fingerprint density at radius 3 is 2.43 bits per heavy atom. The Balaban J connectivity index is 3.01. The highest BCUT2D eigenvalue weighted by molar-refractivity contribution is 8.00. The number of nitriles is 1. The van der Waals surface area contributed by atoms with Crippen LogP contribution in [0.5, 0.6) is 0 Å². The lowest BCUT2D eigenvalue weighted by molar-refractivity contribution is -0.119. The first-order valence-electron chi connectivity index (χ1n) is 6.38. The number of amides is 3. The maximum atomic E-state index is 11.8. The number of carbonyl (C=O) groups is 2. The third-order valence-corrected chi connectivity index (χ3v) is 4.28. The number of pyridine rings is 1. The molecular formula is C14H18N4O2S. The van der Waals surface area contributed by atoms with Crippen LogP contribution in [0.1, 0.15) is 29.3 Å². The summed E-state index contributed by atoms with van der Waals surface area (Å²) in [6.07, 6.45) is 0. The minimum absolute atomic E-state index is 0.430. The van der Waals surface area contributed by atoms with Gasteiger partial charge in [-0.05, 0) is 38.8 Å². The molecule has 0 aliphatic carbocycles. The third-order valence-electron chi connectivity index (χ3n) is 3.20. The van der Waals surface area contributed by atoms with E-state index in [1.54, 1.807) is 6.92 Å². The van der Waals surface area contributed by atoms with Crippen LogP contribution in [0, 0.1) is 32.1 Å². The molecule has 2 N–H and O–H groups in total. The van der Waals surface area contributed by atoms with Gasteiger partial charge in [-0.2, -0.15) is 5.26 Å². The second-order valence-electron chi connectivity index (χ2n) is 4.57. The van der Waals surface area contributed by atoms with Crippen molar-refractivity contribution in [2.75, 3.05) is 7.05 Å². The Labute approximate surface area is 128 Å².